The number of carbonyl (C=O) groups is 1. The molecule has 1 aromatic carbocycles. The molecule has 94 valence electrons. The summed E-state index contributed by atoms with van der Waals surface area (Å²) in [5, 5.41) is 9.74. The molecule has 18 heavy (non-hydrogen) atoms. The van der Waals surface area contributed by atoms with Gasteiger partial charge < -0.3 is 14.3 Å². The van der Waals surface area contributed by atoms with E-state index in [1.807, 2.05) is 0 Å². The van der Waals surface area contributed by atoms with E-state index in [-0.39, 0.29) is 12.4 Å². The fourth-order valence-corrected chi connectivity index (χ4v) is 1.92. The maximum atomic E-state index is 10.8. The van der Waals surface area contributed by atoms with Crippen LogP contribution in [0.5, 0.6) is 5.75 Å². The number of rotatable bonds is 4. The lowest BCUT2D eigenvalue weighted by atomic mass is 10.2. The van der Waals surface area contributed by atoms with Crippen LogP contribution in [0.2, 0.25) is 10.0 Å². The first kappa shape index (κ1) is 12.8. The molecule has 0 fully saturated rings. The predicted molar refractivity (Wildman–Crippen MR) is 66.5 cm³/mol. The van der Waals surface area contributed by atoms with Gasteiger partial charge in [-0.05, 0) is 24.3 Å². The third-order valence-corrected chi connectivity index (χ3v) is 2.61. The van der Waals surface area contributed by atoms with E-state index in [1.54, 1.807) is 18.2 Å². The molecule has 1 heterocycles. The van der Waals surface area contributed by atoms with Crippen molar-refractivity contribution >= 4 is 29.2 Å². The van der Waals surface area contributed by atoms with Crippen LogP contribution >= 0.6 is 23.2 Å². The van der Waals surface area contributed by atoms with Crippen LogP contribution in [-0.2, 0) is 6.61 Å². The van der Waals surface area contributed by atoms with Gasteiger partial charge in [-0.3, -0.25) is 0 Å². The van der Waals surface area contributed by atoms with Crippen LogP contribution in [0.1, 0.15) is 16.1 Å². The molecular formula is C12H8Cl2O4. The summed E-state index contributed by atoms with van der Waals surface area (Å²) in [5.41, 5.74) is 0.443. The first-order valence-corrected chi connectivity index (χ1v) is 5.70. The lowest BCUT2D eigenvalue weighted by molar-refractivity contribution is 0.0658. The van der Waals surface area contributed by atoms with E-state index in [0.29, 0.717) is 21.4 Å². The number of benzene rings is 1. The Kier molecular flexibility index (Phi) is 3.79. The normalized spacial score (nSPS) is 10.3. The summed E-state index contributed by atoms with van der Waals surface area (Å²) in [4.78, 5) is 10.8. The van der Waals surface area contributed by atoms with Gasteiger partial charge in [0.05, 0.1) is 6.26 Å². The minimum Gasteiger partial charge on any atom is -0.489 e. The molecule has 0 amide bonds. The van der Waals surface area contributed by atoms with E-state index in [2.05, 4.69) is 0 Å². The Morgan fingerprint density at radius 2 is 1.94 bits per heavy atom. The predicted octanol–water partition coefficient (Wildman–Crippen LogP) is 3.86. The quantitative estimate of drug-likeness (QED) is 0.927. The van der Waals surface area contributed by atoms with E-state index in [9.17, 15) is 4.79 Å². The molecule has 6 heteroatoms. The molecule has 0 unspecified atom stereocenters. The van der Waals surface area contributed by atoms with Crippen molar-refractivity contribution in [3.63, 3.8) is 0 Å². The number of furan rings is 1. The molecule has 0 atom stereocenters. The molecule has 1 N–H and O–H groups in total. The van der Waals surface area contributed by atoms with Crippen molar-refractivity contribution in [1.29, 1.82) is 0 Å². The Labute approximate surface area is 113 Å². The van der Waals surface area contributed by atoms with Gasteiger partial charge >= 0.3 is 5.97 Å². The van der Waals surface area contributed by atoms with Crippen molar-refractivity contribution in [2.24, 2.45) is 0 Å². The van der Waals surface area contributed by atoms with Gasteiger partial charge in [0.1, 0.15) is 12.4 Å². The molecule has 0 aliphatic heterocycles. The van der Waals surface area contributed by atoms with Crippen molar-refractivity contribution in [3.05, 3.63) is 51.9 Å². The average molecular weight is 287 g/mol. The highest BCUT2D eigenvalue weighted by atomic mass is 35.5. The zero-order valence-electron chi connectivity index (χ0n) is 9.02. The van der Waals surface area contributed by atoms with Gasteiger partial charge in [-0.15, -0.1) is 0 Å². The Hall–Kier alpha value is -1.65. The number of hydrogen-bond donors (Lipinski definition) is 1. The number of aromatic carboxylic acids is 1. The van der Waals surface area contributed by atoms with Crippen molar-refractivity contribution < 1.29 is 19.1 Å². The highest BCUT2D eigenvalue weighted by molar-refractivity contribution is 6.34. The van der Waals surface area contributed by atoms with Crippen LogP contribution in [0.3, 0.4) is 0 Å². The van der Waals surface area contributed by atoms with Gasteiger partial charge in [0.2, 0.25) is 5.76 Å². The Morgan fingerprint density at radius 3 is 2.56 bits per heavy atom. The first-order valence-electron chi connectivity index (χ1n) is 4.95. The second kappa shape index (κ2) is 5.33. The summed E-state index contributed by atoms with van der Waals surface area (Å²) in [6, 6.07) is 6.30. The Morgan fingerprint density at radius 1 is 1.28 bits per heavy atom. The largest absolute Gasteiger partial charge is 0.489 e. The van der Waals surface area contributed by atoms with E-state index >= 15 is 0 Å². The lowest BCUT2D eigenvalue weighted by Crippen LogP contribution is -2.02. The summed E-state index contributed by atoms with van der Waals surface area (Å²) in [5.74, 6) is -0.809. The number of carboxylic acid groups (broad SMARTS) is 1. The molecule has 0 radical (unpaired) electrons. The van der Waals surface area contributed by atoms with Gasteiger partial charge in [-0.2, -0.15) is 0 Å². The minimum absolute atomic E-state index is 0.0643. The minimum atomic E-state index is -1.14. The van der Waals surface area contributed by atoms with Crippen LogP contribution in [0, 0.1) is 0 Å². The zero-order valence-corrected chi connectivity index (χ0v) is 10.5. The zero-order chi connectivity index (χ0) is 13.1. The molecule has 4 nitrogen and oxygen atoms in total. The Bertz CT molecular complexity index is 557. The van der Waals surface area contributed by atoms with Gasteiger partial charge in [0.15, 0.2) is 0 Å². The third-order valence-electron chi connectivity index (χ3n) is 2.17. The van der Waals surface area contributed by atoms with Crippen molar-refractivity contribution in [3.8, 4) is 5.75 Å². The molecule has 0 aliphatic carbocycles. The van der Waals surface area contributed by atoms with Gasteiger partial charge in [-0.1, -0.05) is 23.2 Å². The molecule has 0 aliphatic rings. The van der Waals surface area contributed by atoms with Crippen LogP contribution < -0.4 is 4.74 Å². The molecular weight excluding hydrogens is 279 g/mol. The number of halogens is 2. The molecule has 0 saturated heterocycles. The van der Waals surface area contributed by atoms with Crippen LogP contribution in [0.4, 0.5) is 0 Å². The van der Waals surface area contributed by atoms with Gasteiger partial charge in [-0.25, -0.2) is 4.79 Å². The second-order valence-corrected chi connectivity index (χ2v) is 4.35. The van der Waals surface area contributed by atoms with Crippen LogP contribution in [-0.4, -0.2) is 11.1 Å². The van der Waals surface area contributed by atoms with Crippen LogP contribution in [0.25, 0.3) is 0 Å². The number of hydrogen-bond acceptors (Lipinski definition) is 3. The molecule has 2 aromatic rings. The highest BCUT2D eigenvalue weighted by Gasteiger charge is 2.14. The standard InChI is InChI=1S/C12H8Cl2O4/c13-8-3-9(14)5-10(4-8)18-6-7-1-2-17-11(7)12(15)16/h1-5H,6H2,(H,15,16). The Balaban J connectivity index is 2.11. The molecule has 1 aromatic heterocycles. The summed E-state index contributed by atoms with van der Waals surface area (Å²) >= 11 is 11.6. The monoisotopic (exact) mass is 286 g/mol. The SMILES string of the molecule is O=C(O)c1occc1COc1cc(Cl)cc(Cl)c1. The molecule has 0 saturated carbocycles. The maximum absolute atomic E-state index is 10.8. The second-order valence-electron chi connectivity index (χ2n) is 3.47. The summed E-state index contributed by atoms with van der Waals surface area (Å²) in [6.45, 7) is 0.0643. The molecule has 0 spiro atoms. The summed E-state index contributed by atoms with van der Waals surface area (Å²) in [6.07, 6.45) is 1.30. The summed E-state index contributed by atoms with van der Waals surface area (Å²) in [7, 11) is 0. The topological polar surface area (TPSA) is 59.7 Å². The van der Waals surface area contributed by atoms with E-state index in [1.165, 1.54) is 12.3 Å². The van der Waals surface area contributed by atoms with E-state index in [4.69, 9.17) is 37.5 Å². The van der Waals surface area contributed by atoms with Crippen molar-refractivity contribution in [2.45, 2.75) is 6.61 Å². The fourth-order valence-electron chi connectivity index (χ4n) is 1.41. The molecule has 2 rings (SSSR count). The summed E-state index contributed by atoms with van der Waals surface area (Å²) < 4.78 is 10.2. The van der Waals surface area contributed by atoms with Gasteiger partial charge in [0.25, 0.3) is 0 Å². The van der Waals surface area contributed by atoms with E-state index in [0.717, 1.165) is 0 Å². The third kappa shape index (κ3) is 2.97. The lowest BCUT2D eigenvalue weighted by Gasteiger charge is -2.06. The highest BCUT2D eigenvalue weighted by Crippen LogP contribution is 2.25. The fraction of sp³-hybridized carbons (Fsp3) is 0.0833. The maximum Gasteiger partial charge on any atom is 0.372 e. The number of carboxylic acids is 1. The first-order chi connectivity index (χ1) is 8.56. The van der Waals surface area contributed by atoms with Gasteiger partial charge in [0, 0.05) is 15.6 Å². The van der Waals surface area contributed by atoms with E-state index < -0.39 is 5.97 Å². The smallest absolute Gasteiger partial charge is 0.372 e. The molecule has 0 bridgehead atoms. The number of ether oxygens (including phenoxy) is 1. The van der Waals surface area contributed by atoms with Crippen molar-refractivity contribution in [2.75, 3.05) is 0 Å². The van der Waals surface area contributed by atoms with Crippen molar-refractivity contribution in [1.82, 2.24) is 0 Å². The van der Waals surface area contributed by atoms with Crippen LogP contribution in [0.15, 0.2) is 34.9 Å². The average Bonchev–Trinajstić information content (AvgIpc) is 2.73.